The molecule has 4 nitrogen and oxygen atoms in total. The maximum absolute atomic E-state index is 12.1. The van der Waals surface area contributed by atoms with Crippen molar-refractivity contribution in [1.29, 1.82) is 0 Å². The van der Waals surface area contributed by atoms with Gasteiger partial charge in [0.15, 0.2) is 5.41 Å². The second-order valence-corrected chi connectivity index (χ2v) is 4.00. The third-order valence-corrected chi connectivity index (χ3v) is 2.96. The van der Waals surface area contributed by atoms with E-state index < -0.39 is 17.4 Å². The molecule has 0 aromatic heterocycles. The summed E-state index contributed by atoms with van der Waals surface area (Å²) < 4.78 is 9.61. The van der Waals surface area contributed by atoms with Gasteiger partial charge >= 0.3 is 11.9 Å². The average molecular weight is 250 g/mol. The molecule has 0 amide bonds. The first-order valence-electron chi connectivity index (χ1n) is 5.85. The zero-order valence-corrected chi connectivity index (χ0v) is 10.9. The topological polar surface area (TPSA) is 52.6 Å². The lowest BCUT2D eigenvalue weighted by Crippen LogP contribution is -2.45. The molecule has 98 valence electrons. The normalized spacial score (nSPS) is 10.8. The van der Waals surface area contributed by atoms with Crippen LogP contribution in [0.25, 0.3) is 0 Å². The summed E-state index contributed by atoms with van der Waals surface area (Å²) in [6, 6.07) is 8.87. The van der Waals surface area contributed by atoms with Crippen LogP contribution in [0.3, 0.4) is 0 Å². The minimum atomic E-state index is -1.36. The van der Waals surface area contributed by atoms with Crippen LogP contribution in [0.2, 0.25) is 0 Å². The summed E-state index contributed by atoms with van der Waals surface area (Å²) in [6.45, 7) is 1.91. The molecule has 0 unspecified atom stereocenters. The van der Waals surface area contributed by atoms with Gasteiger partial charge in [0.2, 0.25) is 0 Å². The number of rotatable bonds is 5. The van der Waals surface area contributed by atoms with Crippen LogP contribution in [0, 0.1) is 0 Å². The van der Waals surface area contributed by atoms with Crippen LogP contribution < -0.4 is 0 Å². The van der Waals surface area contributed by atoms with E-state index in [2.05, 4.69) is 0 Å². The molecule has 0 aliphatic rings. The van der Waals surface area contributed by atoms with Crippen LogP contribution in [0.15, 0.2) is 30.3 Å². The Labute approximate surface area is 107 Å². The quantitative estimate of drug-likeness (QED) is 0.593. The van der Waals surface area contributed by atoms with Crippen molar-refractivity contribution in [1.82, 2.24) is 0 Å². The molecule has 0 bridgehead atoms. The van der Waals surface area contributed by atoms with E-state index in [1.165, 1.54) is 14.2 Å². The Balaban J connectivity index is 3.38. The number of hydrogen-bond donors (Lipinski definition) is 0. The highest BCUT2D eigenvalue weighted by atomic mass is 16.5. The van der Waals surface area contributed by atoms with Crippen LogP contribution >= 0.6 is 0 Å². The first-order valence-corrected chi connectivity index (χ1v) is 5.85. The molecule has 0 radical (unpaired) electrons. The van der Waals surface area contributed by atoms with Crippen molar-refractivity contribution in [2.75, 3.05) is 14.2 Å². The van der Waals surface area contributed by atoms with Crippen molar-refractivity contribution in [3.8, 4) is 0 Å². The predicted octanol–water partition coefficient (Wildman–Crippen LogP) is 2.07. The van der Waals surface area contributed by atoms with Crippen LogP contribution in [0.1, 0.15) is 25.3 Å². The number of carbonyl (C=O) groups excluding carboxylic acids is 2. The lowest BCUT2D eigenvalue weighted by molar-refractivity contribution is -0.162. The summed E-state index contributed by atoms with van der Waals surface area (Å²) in [7, 11) is 2.55. The van der Waals surface area contributed by atoms with Crippen molar-refractivity contribution in [2.24, 2.45) is 0 Å². The molecular weight excluding hydrogens is 232 g/mol. The van der Waals surface area contributed by atoms with Gasteiger partial charge in [0.25, 0.3) is 0 Å². The van der Waals surface area contributed by atoms with Gasteiger partial charge in [0.05, 0.1) is 14.2 Å². The maximum Gasteiger partial charge on any atom is 0.327 e. The summed E-state index contributed by atoms with van der Waals surface area (Å²) in [5.41, 5.74) is -0.759. The molecule has 1 aromatic carbocycles. The fraction of sp³-hybridized carbons (Fsp3) is 0.429. The zero-order chi connectivity index (χ0) is 13.6. The van der Waals surface area contributed by atoms with Crippen molar-refractivity contribution < 1.29 is 19.1 Å². The van der Waals surface area contributed by atoms with E-state index in [0.717, 1.165) is 0 Å². The van der Waals surface area contributed by atoms with Gasteiger partial charge in [-0.1, -0.05) is 43.7 Å². The van der Waals surface area contributed by atoms with Gasteiger partial charge in [-0.3, -0.25) is 9.59 Å². The molecule has 4 heteroatoms. The lowest BCUT2D eigenvalue weighted by Gasteiger charge is -2.28. The number of hydrogen-bond acceptors (Lipinski definition) is 4. The van der Waals surface area contributed by atoms with Crippen molar-refractivity contribution in [2.45, 2.75) is 25.2 Å². The van der Waals surface area contributed by atoms with E-state index in [9.17, 15) is 9.59 Å². The molecule has 0 N–H and O–H groups in total. The molecule has 0 atom stereocenters. The fourth-order valence-electron chi connectivity index (χ4n) is 2.11. The Morgan fingerprint density at radius 3 is 1.94 bits per heavy atom. The van der Waals surface area contributed by atoms with E-state index in [0.29, 0.717) is 18.4 Å². The van der Waals surface area contributed by atoms with E-state index in [-0.39, 0.29) is 0 Å². The van der Waals surface area contributed by atoms with Crippen LogP contribution in [0.4, 0.5) is 0 Å². The molecule has 0 aliphatic carbocycles. The summed E-state index contributed by atoms with van der Waals surface area (Å²) in [6.07, 6.45) is 1.02. The van der Waals surface area contributed by atoms with Crippen LogP contribution in [0.5, 0.6) is 0 Å². The highest BCUT2D eigenvalue weighted by Crippen LogP contribution is 2.32. The van der Waals surface area contributed by atoms with Gasteiger partial charge in [-0.05, 0) is 12.0 Å². The molecule has 0 aliphatic heterocycles. The first kappa shape index (κ1) is 14.2. The second kappa shape index (κ2) is 6.19. The number of methoxy groups -OCH3 is 2. The Morgan fingerprint density at radius 2 is 1.56 bits per heavy atom. The monoisotopic (exact) mass is 250 g/mol. The molecule has 0 saturated heterocycles. The smallest absolute Gasteiger partial charge is 0.327 e. The first-order chi connectivity index (χ1) is 8.63. The van der Waals surface area contributed by atoms with Gasteiger partial charge in [0.1, 0.15) is 0 Å². The maximum atomic E-state index is 12.1. The highest BCUT2D eigenvalue weighted by Gasteiger charge is 2.49. The van der Waals surface area contributed by atoms with E-state index >= 15 is 0 Å². The summed E-state index contributed by atoms with van der Waals surface area (Å²) in [4.78, 5) is 24.2. The molecule has 0 saturated carbocycles. The van der Waals surface area contributed by atoms with Gasteiger partial charge in [-0.2, -0.15) is 0 Å². The van der Waals surface area contributed by atoms with Crippen molar-refractivity contribution in [3.05, 3.63) is 35.9 Å². The number of benzene rings is 1. The van der Waals surface area contributed by atoms with Crippen LogP contribution in [-0.4, -0.2) is 26.2 Å². The number of esters is 2. The van der Waals surface area contributed by atoms with Gasteiger partial charge in [-0.15, -0.1) is 0 Å². The standard InChI is InChI=1S/C14H18O4/c1-4-10-14(12(15)17-2,13(16)18-3)11-8-6-5-7-9-11/h5-9H,4,10H2,1-3H3. The summed E-state index contributed by atoms with van der Waals surface area (Å²) in [5, 5.41) is 0. The van der Waals surface area contributed by atoms with Crippen molar-refractivity contribution in [3.63, 3.8) is 0 Å². The third-order valence-electron chi connectivity index (χ3n) is 2.96. The van der Waals surface area contributed by atoms with E-state index in [4.69, 9.17) is 9.47 Å². The molecule has 0 heterocycles. The fourth-order valence-corrected chi connectivity index (χ4v) is 2.11. The minimum absolute atomic E-state index is 0.357. The molecule has 18 heavy (non-hydrogen) atoms. The average Bonchev–Trinajstić information content (AvgIpc) is 2.44. The third kappa shape index (κ3) is 2.37. The Morgan fingerprint density at radius 1 is 1.06 bits per heavy atom. The van der Waals surface area contributed by atoms with E-state index in [1.54, 1.807) is 24.3 Å². The Hall–Kier alpha value is -1.84. The lowest BCUT2D eigenvalue weighted by atomic mass is 9.76. The zero-order valence-electron chi connectivity index (χ0n) is 10.9. The SMILES string of the molecule is CCCC(C(=O)OC)(C(=O)OC)c1ccccc1. The summed E-state index contributed by atoms with van der Waals surface area (Å²) >= 11 is 0. The second-order valence-electron chi connectivity index (χ2n) is 4.00. The Kier molecular flexibility index (Phi) is 4.89. The van der Waals surface area contributed by atoms with Crippen molar-refractivity contribution >= 4 is 11.9 Å². The molecular formula is C14H18O4. The molecule has 1 aromatic rings. The van der Waals surface area contributed by atoms with Gasteiger partial charge < -0.3 is 9.47 Å². The number of carbonyl (C=O) groups is 2. The molecule has 0 fully saturated rings. The Bertz CT molecular complexity index is 395. The highest BCUT2D eigenvalue weighted by molar-refractivity contribution is 6.06. The largest absolute Gasteiger partial charge is 0.468 e. The van der Waals surface area contributed by atoms with Crippen LogP contribution in [-0.2, 0) is 24.5 Å². The summed E-state index contributed by atoms with van der Waals surface area (Å²) in [5.74, 6) is -1.16. The minimum Gasteiger partial charge on any atom is -0.468 e. The molecule has 0 spiro atoms. The number of ether oxygens (including phenoxy) is 2. The van der Waals surface area contributed by atoms with E-state index in [1.807, 2.05) is 13.0 Å². The molecule has 1 rings (SSSR count). The predicted molar refractivity (Wildman–Crippen MR) is 67.1 cm³/mol. The van der Waals surface area contributed by atoms with Gasteiger partial charge in [0, 0.05) is 0 Å². The van der Waals surface area contributed by atoms with Gasteiger partial charge in [-0.25, -0.2) is 0 Å².